The first-order valence-corrected chi connectivity index (χ1v) is 5.84. The maximum absolute atomic E-state index is 12.3. The number of aryl methyl sites for hydroxylation is 1. The zero-order valence-corrected chi connectivity index (χ0v) is 9.59. The Labute approximate surface area is 95.0 Å². The Bertz CT molecular complexity index is 374. The first-order chi connectivity index (χ1) is 7.70. The fourth-order valence-electron chi connectivity index (χ4n) is 2.36. The third kappa shape index (κ3) is 2.14. The summed E-state index contributed by atoms with van der Waals surface area (Å²) >= 11 is 0. The maximum atomic E-state index is 12.3. The minimum Gasteiger partial charge on any atom is -0.327 e. The van der Waals surface area contributed by atoms with Crippen molar-refractivity contribution in [3.8, 4) is 0 Å². The quantitative estimate of drug-likeness (QED) is 0.596. The Balaban J connectivity index is 2.17. The van der Waals surface area contributed by atoms with Crippen LogP contribution in [0.4, 0.5) is 0 Å². The summed E-state index contributed by atoms with van der Waals surface area (Å²) < 4.78 is 1.53. The minimum atomic E-state index is -0.0558. The first kappa shape index (κ1) is 11.3. The second-order valence-electron chi connectivity index (χ2n) is 4.52. The Kier molecular flexibility index (Phi) is 3.33. The molecule has 1 aromatic heterocycles. The SMILES string of the molecule is Cn1nncc1C(=O)C1CCCCCC1N. The topological polar surface area (TPSA) is 73.8 Å². The number of ketones is 1. The van der Waals surface area contributed by atoms with E-state index in [9.17, 15) is 4.79 Å². The molecule has 2 unspecified atom stereocenters. The second-order valence-corrected chi connectivity index (χ2v) is 4.52. The Morgan fingerprint density at radius 3 is 2.88 bits per heavy atom. The molecule has 2 rings (SSSR count). The molecule has 0 radical (unpaired) electrons. The number of aromatic nitrogens is 3. The van der Waals surface area contributed by atoms with Gasteiger partial charge in [0, 0.05) is 19.0 Å². The summed E-state index contributed by atoms with van der Waals surface area (Å²) in [5, 5.41) is 7.52. The fraction of sp³-hybridized carbons (Fsp3) is 0.727. The molecule has 0 bridgehead atoms. The second kappa shape index (κ2) is 4.74. The van der Waals surface area contributed by atoms with Gasteiger partial charge in [-0.25, -0.2) is 4.68 Å². The third-order valence-electron chi connectivity index (χ3n) is 3.37. The van der Waals surface area contributed by atoms with Gasteiger partial charge in [-0.15, -0.1) is 5.10 Å². The van der Waals surface area contributed by atoms with Crippen LogP contribution in [0.2, 0.25) is 0 Å². The predicted octanol–water partition coefficient (Wildman–Crippen LogP) is 0.905. The summed E-state index contributed by atoms with van der Waals surface area (Å²) in [5.41, 5.74) is 6.64. The molecule has 1 saturated carbocycles. The Morgan fingerprint density at radius 2 is 2.19 bits per heavy atom. The van der Waals surface area contributed by atoms with Crippen LogP contribution in [0, 0.1) is 5.92 Å². The lowest BCUT2D eigenvalue weighted by Gasteiger charge is -2.19. The minimum absolute atomic E-state index is 0.00935. The summed E-state index contributed by atoms with van der Waals surface area (Å²) in [6.07, 6.45) is 6.78. The van der Waals surface area contributed by atoms with Gasteiger partial charge < -0.3 is 5.73 Å². The molecule has 88 valence electrons. The molecular weight excluding hydrogens is 204 g/mol. The van der Waals surface area contributed by atoms with Crippen LogP contribution in [0.5, 0.6) is 0 Å². The predicted molar refractivity (Wildman–Crippen MR) is 59.9 cm³/mol. The average Bonchev–Trinajstić information content (AvgIpc) is 2.56. The lowest BCUT2D eigenvalue weighted by atomic mass is 9.90. The van der Waals surface area contributed by atoms with Gasteiger partial charge in [0.15, 0.2) is 5.78 Å². The van der Waals surface area contributed by atoms with Crippen molar-refractivity contribution < 1.29 is 4.79 Å². The van der Waals surface area contributed by atoms with E-state index in [1.54, 1.807) is 7.05 Å². The van der Waals surface area contributed by atoms with Crippen LogP contribution in [0.25, 0.3) is 0 Å². The van der Waals surface area contributed by atoms with Crippen molar-refractivity contribution in [1.82, 2.24) is 15.0 Å². The Morgan fingerprint density at radius 1 is 1.44 bits per heavy atom. The summed E-state index contributed by atoms with van der Waals surface area (Å²) in [5.74, 6) is 0.0431. The van der Waals surface area contributed by atoms with Gasteiger partial charge in [0.05, 0.1) is 6.20 Å². The summed E-state index contributed by atoms with van der Waals surface area (Å²) in [4.78, 5) is 12.3. The number of hydrogen-bond donors (Lipinski definition) is 1. The van der Waals surface area contributed by atoms with Gasteiger partial charge in [-0.1, -0.05) is 24.5 Å². The summed E-state index contributed by atoms with van der Waals surface area (Å²) in [6.45, 7) is 0. The highest BCUT2D eigenvalue weighted by molar-refractivity contribution is 5.96. The number of rotatable bonds is 2. The standard InChI is InChI=1S/C11H18N4O/c1-15-10(7-13-14-15)11(16)8-5-3-2-4-6-9(8)12/h7-9H,2-6,12H2,1H3. The monoisotopic (exact) mass is 222 g/mol. The van der Waals surface area contributed by atoms with E-state index in [4.69, 9.17) is 5.73 Å². The summed E-state index contributed by atoms with van der Waals surface area (Å²) in [6, 6.07) is -0.00935. The van der Waals surface area contributed by atoms with Crippen molar-refractivity contribution in [1.29, 1.82) is 0 Å². The molecule has 16 heavy (non-hydrogen) atoms. The molecule has 0 saturated heterocycles. The van der Waals surface area contributed by atoms with Crippen molar-refractivity contribution >= 4 is 5.78 Å². The molecule has 0 aromatic carbocycles. The smallest absolute Gasteiger partial charge is 0.187 e. The van der Waals surface area contributed by atoms with Gasteiger partial charge in [-0.05, 0) is 12.8 Å². The third-order valence-corrected chi connectivity index (χ3v) is 3.37. The number of Topliss-reactive ketones (excluding diaryl/α,β-unsaturated/α-hetero) is 1. The van der Waals surface area contributed by atoms with E-state index in [0.717, 1.165) is 25.7 Å². The number of carbonyl (C=O) groups excluding carboxylic acids is 1. The number of hydrogen-bond acceptors (Lipinski definition) is 4. The lowest BCUT2D eigenvalue weighted by Crippen LogP contribution is -2.35. The van der Waals surface area contributed by atoms with Gasteiger partial charge in [0.25, 0.3) is 0 Å². The Hall–Kier alpha value is -1.23. The summed E-state index contributed by atoms with van der Waals surface area (Å²) in [7, 11) is 1.74. The van der Waals surface area contributed by atoms with Crippen LogP contribution in [0.15, 0.2) is 6.20 Å². The van der Waals surface area contributed by atoms with Crippen molar-refractivity contribution in [3.05, 3.63) is 11.9 Å². The highest BCUT2D eigenvalue weighted by atomic mass is 16.1. The van der Waals surface area contributed by atoms with Crippen LogP contribution in [0.1, 0.15) is 42.6 Å². The maximum Gasteiger partial charge on any atom is 0.187 e. The van der Waals surface area contributed by atoms with Crippen LogP contribution >= 0.6 is 0 Å². The molecule has 0 aliphatic heterocycles. The van der Waals surface area contributed by atoms with Crippen molar-refractivity contribution in [2.45, 2.75) is 38.1 Å². The molecule has 2 atom stereocenters. The van der Waals surface area contributed by atoms with Gasteiger partial charge in [-0.2, -0.15) is 0 Å². The lowest BCUT2D eigenvalue weighted by molar-refractivity contribution is 0.0885. The van der Waals surface area contributed by atoms with Crippen molar-refractivity contribution in [3.63, 3.8) is 0 Å². The zero-order valence-electron chi connectivity index (χ0n) is 9.59. The number of nitrogens with two attached hydrogens (primary N) is 1. The fourth-order valence-corrected chi connectivity index (χ4v) is 2.36. The van der Waals surface area contributed by atoms with E-state index in [-0.39, 0.29) is 17.7 Å². The molecule has 1 aliphatic rings. The molecule has 1 aliphatic carbocycles. The van der Waals surface area contributed by atoms with Crippen molar-refractivity contribution in [2.75, 3.05) is 0 Å². The molecule has 2 N–H and O–H groups in total. The van der Waals surface area contributed by atoms with E-state index < -0.39 is 0 Å². The normalized spacial score (nSPS) is 26.4. The molecule has 5 nitrogen and oxygen atoms in total. The van der Waals surface area contributed by atoms with E-state index >= 15 is 0 Å². The molecular formula is C11H18N4O. The van der Waals surface area contributed by atoms with Gasteiger partial charge >= 0.3 is 0 Å². The molecule has 1 heterocycles. The van der Waals surface area contributed by atoms with E-state index in [1.807, 2.05) is 0 Å². The molecule has 0 amide bonds. The number of carbonyl (C=O) groups is 1. The van der Waals surface area contributed by atoms with E-state index in [2.05, 4.69) is 10.3 Å². The van der Waals surface area contributed by atoms with Gasteiger partial charge in [0.1, 0.15) is 5.69 Å². The molecule has 1 fully saturated rings. The molecule has 1 aromatic rings. The van der Waals surface area contributed by atoms with Crippen LogP contribution in [0.3, 0.4) is 0 Å². The van der Waals surface area contributed by atoms with Gasteiger partial charge in [0.2, 0.25) is 0 Å². The zero-order chi connectivity index (χ0) is 11.5. The van der Waals surface area contributed by atoms with E-state index in [0.29, 0.717) is 5.69 Å². The average molecular weight is 222 g/mol. The van der Waals surface area contributed by atoms with E-state index in [1.165, 1.54) is 17.3 Å². The first-order valence-electron chi connectivity index (χ1n) is 5.84. The highest BCUT2D eigenvalue weighted by Gasteiger charge is 2.29. The van der Waals surface area contributed by atoms with Crippen molar-refractivity contribution in [2.24, 2.45) is 18.7 Å². The van der Waals surface area contributed by atoms with Crippen LogP contribution < -0.4 is 5.73 Å². The number of nitrogens with zero attached hydrogens (tertiary/aromatic N) is 3. The van der Waals surface area contributed by atoms with Gasteiger partial charge in [-0.3, -0.25) is 4.79 Å². The van der Waals surface area contributed by atoms with Crippen LogP contribution in [-0.2, 0) is 7.05 Å². The molecule has 0 spiro atoms. The van der Waals surface area contributed by atoms with Crippen LogP contribution in [-0.4, -0.2) is 26.8 Å². The largest absolute Gasteiger partial charge is 0.327 e. The highest BCUT2D eigenvalue weighted by Crippen LogP contribution is 2.25. The molecule has 5 heteroatoms.